The predicted molar refractivity (Wildman–Crippen MR) is 111 cm³/mol. The molecule has 152 valence electrons. The van der Waals surface area contributed by atoms with E-state index >= 15 is 0 Å². The number of phosphoric acid groups is 1. The summed E-state index contributed by atoms with van der Waals surface area (Å²) in [7, 11) is -2.69. The second-order valence-corrected chi connectivity index (χ2v) is 7.58. The second-order valence-electron chi connectivity index (χ2n) is 6.14. The average Bonchev–Trinajstić information content (AvgIpc) is 2.74. The monoisotopic (exact) mass is 424 g/mol. The summed E-state index contributed by atoms with van der Waals surface area (Å²) >= 11 is 0. The zero-order chi connectivity index (χ0) is 21.0. The fourth-order valence-electron chi connectivity index (χ4n) is 2.74. The van der Waals surface area contributed by atoms with Crippen LogP contribution in [0.5, 0.6) is 23.0 Å². The molecule has 0 aliphatic carbocycles. The van der Waals surface area contributed by atoms with Gasteiger partial charge in [-0.2, -0.15) is 4.57 Å². The number of phosphoric ester groups is 1. The van der Waals surface area contributed by atoms with Crippen LogP contribution in [0.1, 0.15) is 0 Å². The molecule has 0 N–H and O–H groups in total. The number of rotatable bonds is 7. The van der Waals surface area contributed by atoms with E-state index in [9.17, 15) is 9.36 Å². The Morgan fingerprint density at radius 2 is 1.30 bits per heavy atom. The fraction of sp³-hybridized carbons (Fsp3) is 0.0455. The van der Waals surface area contributed by atoms with Crippen LogP contribution < -0.4 is 23.9 Å². The van der Waals surface area contributed by atoms with E-state index in [2.05, 4.69) is 0 Å². The van der Waals surface area contributed by atoms with Crippen molar-refractivity contribution in [1.29, 1.82) is 0 Å². The third-order valence-electron chi connectivity index (χ3n) is 4.04. The lowest BCUT2D eigenvalue weighted by Crippen LogP contribution is -2.07. The minimum Gasteiger partial charge on any atom is -0.496 e. The van der Waals surface area contributed by atoms with Gasteiger partial charge in [-0.05, 0) is 36.4 Å². The highest BCUT2D eigenvalue weighted by Gasteiger charge is 2.33. The molecule has 0 aliphatic rings. The summed E-state index contributed by atoms with van der Waals surface area (Å²) in [6, 6.07) is 22.9. The van der Waals surface area contributed by atoms with Gasteiger partial charge in [-0.25, -0.2) is 4.79 Å². The summed E-state index contributed by atoms with van der Waals surface area (Å²) in [4.78, 5) is 11.8. The zero-order valence-corrected chi connectivity index (χ0v) is 16.8. The molecule has 0 spiro atoms. The van der Waals surface area contributed by atoms with Crippen molar-refractivity contribution in [2.45, 2.75) is 0 Å². The minimum atomic E-state index is -4.14. The molecule has 0 amide bonds. The molecule has 0 aliphatic heterocycles. The van der Waals surface area contributed by atoms with Crippen molar-refractivity contribution in [2.24, 2.45) is 0 Å². The van der Waals surface area contributed by atoms with Crippen molar-refractivity contribution in [3.63, 3.8) is 0 Å². The molecule has 0 fully saturated rings. The number of para-hydroxylation sites is 2. The lowest BCUT2D eigenvalue weighted by atomic mass is 10.2. The lowest BCUT2D eigenvalue weighted by Gasteiger charge is -2.19. The van der Waals surface area contributed by atoms with Crippen LogP contribution in [0.2, 0.25) is 0 Å². The summed E-state index contributed by atoms with van der Waals surface area (Å²) in [5.41, 5.74) is -0.372. The molecular weight excluding hydrogens is 407 g/mol. The van der Waals surface area contributed by atoms with E-state index in [1.807, 2.05) is 0 Å². The lowest BCUT2D eigenvalue weighted by molar-refractivity contribution is 0.298. The number of hydrogen-bond acceptors (Lipinski definition) is 7. The Bertz CT molecular complexity index is 1210. The molecular formula is C22H17O7P. The highest BCUT2D eigenvalue weighted by molar-refractivity contribution is 7.49. The number of methoxy groups -OCH3 is 1. The molecule has 0 unspecified atom stereocenters. The summed E-state index contributed by atoms with van der Waals surface area (Å²) < 4.78 is 40.7. The summed E-state index contributed by atoms with van der Waals surface area (Å²) in [6.45, 7) is 0. The topological polar surface area (TPSA) is 84.2 Å². The van der Waals surface area contributed by atoms with Gasteiger partial charge in [0.2, 0.25) is 0 Å². The van der Waals surface area contributed by atoms with Crippen molar-refractivity contribution in [2.75, 3.05) is 7.11 Å². The summed E-state index contributed by atoms with van der Waals surface area (Å²) in [5, 5.41) is 0.562. The third kappa shape index (κ3) is 4.47. The van der Waals surface area contributed by atoms with Gasteiger partial charge in [0.05, 0.1) is 18.6 Å². The molecule has 3 aromatic carbocycles. The quantitative estimate of drug-likeness (QED) is 0.288. The van der Waals surface area contributed by atoms with Crippen LogP contribution >= 0.6 is 7.82 Å². The average molecular weight is 424 g/mol. The molecule has 0 saturated carbocycles. The second kappa shape index (κ2) is 8.35. The first-order chi connectivity index (χ1) is 14.5. The van der Waals surface area contributed by atoms with Crippen LogP contribution in [0.15, 0.2) is 94.1 Å². The Hall–Kier alpha value is -3.70. The molecule has 0 radical (unpaired) electrons. The van der Waals surface area contributed by atoms with E-state index in [1.54, 1.807) is 72.8 Å². The van der Waals surface area contributed by atoms with Crippen molar-refractivity contribution in [3.8, 4) is 23.0 Å². The van der Waals surface area contributed by atoms with Gasteiger partial charge in [-0.1, -0.05) is 36.4 Å². The minimum absolute atomic E-state index is 0.133. The van der Waals surface area contributed by atoms with Gasteiger partial charge in [0.1, 0.15) is 28.6 Å². The Morgan fingerprint density at radius 1 is 0.733 bits per heavy atom. The maximum atomic E-state index is 13.5. The van der Waals surface area contributed by atoms with Crippen LogP contribution in [0.3, 0.4) is 0 Å². The molecule has 0 bridgehead atoms. The van der Waals surface area contributed by atoms with Crippen LogP contribution in [-0.4, -0.2) is 7.11 Å². The summed E-state index contributed by atoms with van der Waals surface area (Å²) in [6.07, 6.45) is 0. The summed E-state index contributed by atoms with van der Waals surface area (Å²) in [5.74, 6) is 1.11. The van der Waals surface area contributed by atoms with Gasteiger partial charge in [-0.3, -0.25) is 0 Å². The number of fused-ring (bicyclic) bond motifs is 1. The van der Waals surface area contributed by atoms with Gasteiger partial charge in [-0.15, -0.1) is 0 Å². The maximum absolute atomic E-state index is 13.5. The smallest absolute Gasteiger partial charge is 0.496 e. The predicted octanol–water partition coefficient (Wildman–Crippen LogP) is 5.45. The molecule has 0 saturated heterocycles. The van der Waals surface area contributed by atoms with Crippen molar-refractivity contribution >= 4 is 18.8 Å². The first-order valence-electron chi connectivity index (χ1n) is 8.95. The van der Waals surface area contributed by atoms with E-state index in [0.717, 1.165) is 0 Å². The van der Waals surface area contributed by atoms with Gasteiger partial charge in [0, 0.05) is 6.07 Å². The maximum Gasteiger partial charge on any atom is 0.647 e. The molecule has 8 heteroatoms. The Morgan fingerprint density at radius 3 is 1.87 bits per heavy atom. The van der Waals surface area contributed by atoms with Gasteiger partial charge >= 0.3 is 13.4 Å². The highest BCUT2D eigenvalue weighted by Crippen LogP contribution is 2.50. The SMILES string of the molecule is COc1cc(=O)oc2cc(OP(=O)(Oc3ccccc3)Oc3ccccc3)ccc12. The van der Waals surface area contributed by atoms with Gasteiger partial charge in [0.25, 0.3) is 0 Å². The molecule has 30 heavy (non-hydrogen) atoms. The molecule has 1 aromatic heterocycles. The Kier molecular flexibility index (Phi) is 5.46. The van der Waals surface area contributed by atoms with E-state index in [-0.39, 0.29) is 11.3 Å². The molecule has 4 aromatic rings. The van der Waals surface area contributed by atoms with E-state index < -0.39 is 13.4 Å². The first kappa shape index (κ1) is 19.6. The zero-order valence-electron chi connectivity index (χ0n) is 15.9. The van der Waals surface area contributed by atoms with Gasteiger partial charge in [0.15, 0.2) is 0 Å². The van der Waals surface area contributed by atoms with E-state index in [0.29, 0.717) is 22.6 Å². The molecule has 4 rings (SSSR count). The Balaban J connectivity index is 1.70. The molecule has 7 nitrogen and oxygen atoms in total. The van der Waals surface area contributed by atoms with Crippen molar-refractivity contribution in [1.82, 2.24) is 0 Å². The third-order valence-corrected chi connectivity index (χ3v) is 5.34. The van der Waals surface area contributed by atoms with Crippen LogP contribution in [0.25, 0.3) is 11.0 Å². The van der Waals surface area contributed by atoms with Crippen molar-refractivity contribution < 1.29 is 27.3 Å². The van der Waals surface area contributed by atoms with Gasteiger partial charge < -0.3 is 22.7 Å². The number of ether oxygens (including phenoxy) is 1. The number of hydrogen-bond donors (Lipinski definition) is 0. The first-order valence-corrected chi connectivity index (χ1v) is 10.4. The van der Waals surface area contributed by atoms with Crippen LogP contribution in [0, 0.1) is 0 Å². The van der Waals surface area contributed by atoms with Crippen LogP contribution in [0.4, 0.5) is 0 Å². The fourth-order valence-corrected chi connectivity index (χ4v) is 3.99. The normalized spacial score (nSPS) is 11.1. The number of benzene rings is 3. The largest absolute Gasteiger partial charge is 0.647 e. The van der Waals surface area contributed by atoms with E-state index in [1.165, 1.54) is 19.2 Å². The molecule has 0 atom stereocenters. The Labute approximate surface area is 172 Å². The highest BCUT2D eigenvalue weighted by atomic mass is 31.2. The van der Waals surface area contributed by atoms with Crippen molar-refractivity contribution in [3.05, 3.63) is 95.3 Å². The van der Waals surface area contributed by atoms with E-state index in [4.69, 9.17) is 22.7 Å². The van der Waals surface area contributed by atoms with Crippen LogP contribution in [-0.2, 0) is 4.57 Å². The standard InChI is InChI=1S/C22H17O7P/c1-25-20-15-22(23)26-21-14-18(12-13-19(20)21)29-30(24,27-16-8-4-2-5-9-16)28-17-10-6-3-7-11-17/h2-15H,1H3. The molecule has 1 heterocycles.